The molecule has 2 heterocycles. The van der Waals surface area contributed by atoms with E-state index in [-0.39, 0.29) is 0 Å². The highest BCUT2D eigenvalue weighted by Gasteiger charge is 2.12. The number of methoxy groups -OCH3 is 1. The van der Waals surface area contributed by atoms with Crippen LogP contribution in [0.2, 0.25) is 0 Å². The Morgan fingerprint density at radius 3 is 2.64 bits per heavy atom. The third-order valence-corrected chi connectivity index (χ3v) is 4.68. The SMILES string of the molecule is COc1ccc(-c2nnc3sc(C=Cc4cccc(C)c4)nn23)cc1. The molecule has 4 aromatic rings. The summed E-state index contributed by atoms with van der Waals surface area (Å²) in [6.07, 6.45) is 4.07. The Morgan fingerprint density at radius 1 is 1.04 bits per heavy atom. The van der Waals surface area contributed by atoms with Crippen LogP contribution in [0.4, 0.5) is 0 Å². The highest BCUT2D eigenvalue weighted by atomic mass is 32.1. The van der Waals surface area contributed by atoms with Crippen molar-refractivity contribution in [1.82, 2.24) is 19.8 Å². The van der Waals surface area contributed by atoms with Crippen molar-refractivity contribution in [3.8, 4) is 17.1 Å². The zero-order chi connectivity index (χ0) is 17.2. The smallest absolute Gasteiger partial charge is 0.235 e. The molecule has 0 aliphatic carbocycles. The fourth-order valence-electron chi connectivity index (χ4n) is 2.56. The van der Waals surface area contributed by atoms with Crippen LogP contribution in [0.3, 0.4) is 0 Å². The number of ether oxygens (including phenoxy) is 1. The maximum absolute atomic E-state index is 5.19. The highest BCUT2D eigenvalue weighted by Crippen LogP contribution is 2.24. The summed E-state index contributed by atoms with van der Waals surface area (Å²) in [5.74, 6) is 1.54. The lowest BCUT2D eigenvalue weighted by Gasteiger charge is -2.00. The lowest BCUT2D eigenvalue weighted by atomic mass is 10.1. The zero-order valence-electron chi connectivity index (χ0n) is 13.9. The van der Waals surface area contributed by atoms with Crippen LogP contribution in [0, 0.1) is 6.92 Å². The van der Waals surface area contributed by atoms with Crippen molar-refractivity contribution in [2.75, 3.05) is 7.11 Å². The van der Waals surface area contributed by atoms with Crippen LogP contribution in [0.5, 0.6) is 5.75 Å². The summed E-state index contributed by atoms with van der Waals surface area (Å²) in [5, 5.41) is 14.0. The van der Waals surface area contributed by atoms with E-state index in [9.17, 15) is 0 Å². The summed E-state index contributed by atoms with van der Waals surface area (Å²) in [4.78, 5) is 0.773. The van der Waals surface area contributed by atoms with Crippen molar-refractivity contribution in [3.05, 3.63) is 64.7 Å². The molecule has 0 aliphatic rings. The van der Waals surface area contributed by atoms with Crippen LogP contribution >= 0.6 is 11.3 Å². The zero-order valence-corrected chi connectivity index (χ0v) is 14.7. The van der Waals surface area contributed by atoms with Gasteiger partial charge >= 0.3 is 0 Å². The van der Waals surface area contributed by atoms with Gasteiger partial charge in [-0.15, -0.1) is 10.2 Å². The predicted octanol–water partition coefficient (Wildman–Crippen LogP) is 4.34. The Hall–Kier alpha value is -2.99. The summed E-state index contributed by atoms with van der Waals surface area (Å²) in [6.45, 7) is 2.08. The van der Waals surface area contributed by atoms with Crippen molar-refractivity contribution in [2.45, 2.75) is 6.92 Å². The van der Waals surface area contributed by atoms with Gasteiger partial charge in [0.1, 0.15) is 10.8 Å². The first-order valence-electron chi connectivity index (χ1n) is 7.84. The average Bonchev–Trinajstić information content (AvgIpc) is 3.20. The minimum absolute atomic E-state index is 0.726. The summed E-state index contributed by atoms with van der Waals surface area (Å²) < 4.78 is 6.98. The lowest BCUT2D eigenvalue weighted by Crippen LogP contribution is -1.91. The molecular weight excluding hydrogens is 332 g/mol. The number of aryl methyl sites for hydroxylation is 1. The third-order valence-electron chi connectivity index (χ3n) is 3.82. The Bertz CT molecular complexity index is 1050. The predicted molar refractivity (Wildman–Crippen MR) is 101 cm³/mol. The number of hydrogen-bond donors (Lipinski definition) is 0. The third kappa shape index (κ3) is 3.16. The topological polar surface area (TPSA) is 52.3 Å². The van der Waals surface area contributed by atoms with Crippen molar-refractivity contribution >= 4 is 28.4 Å². The molecular formula is C19H16N4OS. The number of aromatic nitrogens is 4. The normalized spacial score (nSPS) is 11.4. The van der Waals surface area contributed by atoms with Crippen molar-refractivity contribution in [2.24, 2.45) is 0 Å². The monoisotopic (exact) mass is 348 g/mol. The molecule has 0 atom stereocenters. The van der Waals surface area contributed by atoms with Crippen LogP contribution < -0.4 is 4.74 Å². The van der Waals surface area contributed by atoms with E-state index in [2.05, 4.69) is 52.6 Å². The van der Waals surface area contributed by atoms with Crippen molar-refractivity contribution in [3.63, 3.8) is 0 Å². The average molecular weight is 348 g/mol. The molecule has 0 radical (unpaired) electrons. The van der Waals surface area contributed by atoms with Crippen molar-refractivity contribution < 1.29 is 4.74 Å². The second-order valence-corrected chi connectivity index (χ2v) is 6.62. The standard InChI is InChI=1S/C19H16N4OS/c1-13-4-3-5-14(12-13)6-11-17-22-23-18(20-21-19(23)25-17)15-7-9-16(24-2)10-8-15/h3-12H,1-2H3. The molecule has 0 bridgehead atoms. The van der Waals surface area contributed by atoms with Crippen LogP contribution in [-0.2, 0) is 0 Å². The largest absolute Gasteiger partial charge is 0.497 e. The molecule has 5 nitrogen and oxygen atoms in total. The number of benzene rings is 2. The molecule has 0 amide bonds. The van der Waals surface area contributed by atoms with Gasteiger partial charge in [-0.25, -0.2) is 0 Å². The highest BCUT2D eigenvalue weighted by molar-refractivity contribution is 7.17. The Labute approximate surface area is 149 Å². The summed E-state index contributed by atoms with van der Waals surface area (Å²) in [7, 11) is 1.65. The van der Waals surface area contributed by atoms with Gasteiger partial charge in [-0.05, 0) is 42.8 Å². The lowest BCUT2D eigenvalue weighted by molar-refractivity contribution is 0.415. The summed E-state index contributed by atoms with van der Waals surface area (Å²) in [5.41, 5.74) is 3.34. The van der Waals surface area contributed by atoms with Crippen LogP contribution in [0.25, 0.3) is 28.5 Å². The van der Waals surface area contributed by atoms with Crippen LogP contribution in [-0.4, -0.2) is 26.9 Å². The minimum atomic E-state index is 0.726. The molecule has 0 saturated heterocycles. The Balaban J connectivity index is 1.65. The maximum Gasteiger partial charge on any atom is 0.235 e. The molecule has 2 aromatic heterocycles. The molecule has 0 unspecified atom stereocenters. The molecule has 124 valence electrons. The molecule has 4 rings (SSSR count). The quantitative estimate of drug-likeness (QED) is 0.550. The van der Waals surface area contributed by atoms with Gasteiger partial charge in [-0.3, -0.25) is 0 Å². The molecule has 25 heavy (non-hydrogen) atoms. The van der Waals surface area contributed by atoms with Gasteiger partial charge in [-0.2, -0.15) is 9.61 Å². The van der Waals surface area contributed by atoms with Crippen LogP contribution in [0.1, 0.15) is 16.1 Å². The van der Waals surface area contributed by atoms with Gasteiger partial charge in [0.05, 0.1) is 7.11 Å². The van der Waals surface area contributed by atoms with Crippen molar-refractivity contribution in [1.29, 1.82) is 0 Å². The fraction of sp³-hybridized carbons (Fsp3) is 0.105. The molecule has 6 heteroatoms. The van der Waals surface area contributed by atoms with Crippen LogP contribution in [0.15, 0.2) is 48.5 Å². The van der Waals surface area contributed by atoms with Gasteiger partial charge in [0.2, 0.25) is 4.96 Å². The molecule has 0 spiro atoms. The number of fused-ring (bicyclic) bond motifs is 1. The Morgan fingerprint density at radius 2 is 1.88 bits per heavy atom. The molecule has 0 aliphatic heterocycles. The molecule has 2 aromatic carbocycles. The number of hydrogen-bond acceptors (Lipinski definition) is 5. The summed E-state index contributed by atoms with van der Waals surface area (Å²) in [6, 6.07) is 16.1. The van der Waals surface area contributed by atoms with E-state index in [0.29, 0.717) is 0 Å². The molecule has 0 fully saturated rings. The first-order valence-corrected chi connectivity index (χ1v) is 8.66. The van der Waals surface area contributed by atoms with Gasteiger partial charge in [0, 0.05) is 5.56 Å². The van der Waals surface area contributed by atoms with E-state index in [0.717, 1.165) is 32.7 Å². The van der Waals surface area contributed by atoms with E-state index < -0.39 is 0 Å². The molecule has 0 N–H and O–H groups in total. The maximum atomic E-state index is 5.19. The van der Waals surface area contributed by atoms with Gasteiger partial charge in [0.25, 0.3) is 0 Å². The van der Waals surface area contributed by atoms with Gasteiger partial charge in [-0.1, -0.05) is 47.2 Å². The number of rotatable bonds is 4. The van der Waals surface area contributed by atoms with E-state index in [4.69, 9.17) is 4.74 Å². The van der Waals surface area contributed by atoms with E-state index in [1.54, 1.807) is 11.6 Å². The second kappa shape index (κ2) is 6.49. The van der Waals surface area contributed by atoms with E-state index >= 15 is 0 Å². The first-order chi connectivity index (χ1) is 12.2. The van der Waals surface area contributed by atoms with E-state index in [1.807, 2.05) is 30.3 Å². The van der Waals surface area contributed by atoms with Gasteiger partial charge in [0.15, 0.2) is 5.82 Å². The first kappa shape index (κ1) is 15.5. The van der Waals surface area contributed by atoms with Gasteiger partial charge < -0.3 is 4.74 Å². The second-order valence-electron chi connectivity index (χ2n) is 5.63. The fourth-order valence-corrected chi connectivity index (χ4v) is 3.30. The van der Waals surface area contributed by atoms with E-state index in [1.165, 1.54) is 16.9 Å². The Kier molecular flexibility index (Phi) is 4.03. The molecule has 0 saturated carbocycles. The summed E-state index contributed by atoms with van der Waals surface area (Å²) >= 11 is 1.51. The minimum Gasteiger partial charge on any atom is -0.497 e. The number of nitrogens with zero attached hydrogens (tertiary/aromatic N) is 4.